The molecule has 78 valence electrons. The van der Waals surface area contributed by atoms with Gasteiger partial charge in [-0.3, -0.25) is 0 Å². The summed E-state index contributed by atoms with van der Waals surface area (Å²) in [5, 5.41) is 9.67. The Labute approximate surface area is 98.2 Å². The molecule has 3 nitrogen and oxygen atoms in total. The van der Waals surface area contributed by atoms with Gasteiger partial charge in [0.2, 0.25) is 0 Å². The molecule has 1 unspecified atom stereocenters. The van der Waals surface area contributed by atoms with Gasteiger partial charge in [-0.25, -0.2) is 4.98 Å². The van der Waals surface area contributed by atoms with Crippen LogP contribution in [0.2, 0.25) is 10.3 Å². The summed E-state index contributed by atoms with van der Waals surface area (Å²) in [6.45, 7) is 1.81. The van der Waals surface area contributed by atoms with Crippen LogP contribution in [0.5, 0.6) is 0 Å². The second kappa shape index (κ2) is 3.97. The van der Waals surface area contributed by atoms with E-state index in [2.05, 4.69) is 18.1 Å². The van der Waals surface area contributed by atoms with E-state index >= 15 is 0 Å². The van der Waals surface area contributed by atoms with Gasteiger partial charge in [-0.15, -0.1) is 0 Å². The van der Waals surface area contributed by atoms with Crippen LogP contribution < -0.4 is 4.90 Å². The topological polar surface area (TPSA) is 41.1 Å². The monoisotopic (exact) mass is 242 g/mol. The van der Waals surface area contributed by atoms with Gasteiger partial charge in [-0.05, 0) is 5.56 Å². The van der Waals surface area contributed by atoms with E-state index in [9.17, 15) is 0 Å². The van der Waals surface area contributed by atoms with Crippen molar-refractivity contribution in [2.75, 3.05) is 13.6 Å². The van der Waals surface area contributed by atoms with Gasteiger partial charge in [-0.2, -0.15) is 5.26 Å². The number of quaternary nitrogens is 1. The van der Waals surface area contributed by atoms with Crippen LogP contribution in [0.1, 0.15) is 16.7 Å². The Bertz CT molecular complexity index is 451. The number of likely N-dealkylation sites (N-methyl/N-ethyl adjacent to an activating group) is 1. The molecular formula is C10H10Cl2N3+. The largest absolute Gasteiger partial charge is 0.333 e. The van der Waals surface area contributed by atoms with Crippen LogP contribution in [0.4, 0.5) is 0 Å². The van der Waals surface area contributed by atoms with Gasteiger partial charge in [0, 0.05) is 12.0 Å². The molecule has 0 bridgehead atoms. The molecule has 0 radical (unpaired) electrons. The Hall–Kier alpha value is -0.820. The summed E-state index contributed by atoms with van der Waals surface area (Å²) in [7, 11) is 2.10. The smallest absolute Gasteiger partial charge is 0.148 e. The van der Waals surface area contributed by atoms with E-state index in [0.29, 0.717) is 10.7 Å². The first-order chi connectivity index (χ1) is 7.13. The van der Waals surface area contributed by atoms with Crippen LogP contribution in [-0.2, 0) is 13.0 Å². The van der Waals surface area contributed by atoms with Crippen molar-refractivity contribution in [3.8, 4) is 6.07 Å². The molecule has 0 aromatic carbocycles. The zero-order valence-corrected chi connectivity index (χ0v) is 9.78. The predicted octanol–water partition coefficient (Wildman–Crippen LogP) is 0.831. The first-order valence-electron chi connectivity index (χ1n) is 4.71. The molecule has 1 aliphatic heterocycles. The van der Waals surface area contributed by atoms with Crippen molar-refractivity contribution in [2.24, 2.45) is 0 Å². The number of pyridine rings is 1. The van der Waals surface area contributed by atoms with Crippen molar-refractivity contribution >= 4 is 23.2 Å². The second-order valence-electron chi connectivity index (χ2n) is 3.77. The Morgan fingerprint density at radius 1 is 1.33 bits per heavy atom. The SMILES string of the molecule is C[NH+]1CCc2c(C#N)c(Cl)nc(Cl)c2C1. The number of aromatic nitrogens is 1. The lowest BCUT2D eigenvalue weighted by Gasteiger charge is -2.23. The van der Waals surface area contributed by atoms with Gasteiger partial charge in [0.1, 0.15) is 22.9 Å². The van der Waals surface area contributed by atoms with E-state index < -0.39 is 0 Å². The third-order valence-corrected chi connectivity index (χ3v) is 3.30. The van der Waals surface area contributed by atoms with Crippen molar-refractivity contribution in [1.82, 2.24) is 4.98 Å². The maximum Gasteiger partial charge on any atom is 0.148 e. The fraction of sp³-hybridized carbons (Fsp3) is 0.400. The first kappa shape index (κ1) is 10.7. The number of fused-ring (bicyclic) bond motifs is 1. The minimum Gasteiger partial charge on any atom is -0.333 e. The summed E-state index contributed by atoms with van der Waals surface area (Å²) in [6.07, 6.45) is 0.839. The summed E-state index contributed by atoms with van der Waals surface area (Å²) in [4.78, 5) is 5.36. The lowest BCUT2D eigenvalue weighted by Crippen LogP contribution is -3.08. The maximum absolute atomic E-state index is 9.01. The summed E-state index contributed by atoms with van der Waals surface area (Å²) < 4.78 is 0. The van der Waals surface area contributed by atoms with Crippen LogP contribution >= 0.6 is 23.2 Å². The second-order valence-corrected chi connectivity index (χ2v) is 4.49. The summed E-state index contributed by atoms with van der Waals surface area (Å²) in [5.41, 5.74) is 2.44. The lowest BCUT2D eigenvalue weighted by atomic mass is 9.98. The Kier molecular flexibility index (Phi) is 2.83. The van der Waals surface area contributed by atoms with Gasteiger partial charge in [0.05, 0.1) is 19.2 Å². The molecule has 1 aliphatic rings. The normalized spacial score (nSPS) is 19.5. The highest BCUT2D eigenvalue weighted by atomic mass is 35.5. The van der Waals surface area contributed by atoms with Crippen LogP contribution in [0.25, 0.3) is 0 Å². The zero-order valence-electron chi connectivity index (χ0n) is 8.27. The molecule has 0 spiro atoms. The Balaban J connectivity index is 2.63. The molecule has 1 atom stereocenters. The molecule has 0 amide bonds. The standard InChI is InChI=1S/C10H9Cl2N3/c1-15-3-2-6-7(4-13)9(11)14-10(12)8(6)5-15/h2-3,5H2,1H3/p+1. The average molecular weight is 243 g/mol. The lowest BCUT2D eigenvalue weighted by molar-refractivity contribution is -0.895. The number of nitrogens with zero attached hydrogens (tertiary/aromatic N) is 2. The fourth-order valence-electron chi connectivity index (χ4n) is 1.91. The van der Waals surface area contributed by atoms with Crippen molar-refractivity contribution < 1.29 is 4.90 Å². The molecule has 2 heterocycles. The molecule has 15 heavy (non-hydrogen) atoms. The highest BCUT2D eigenvalue weighted by Gasteiger charge is 2.24. The molecular weight excluding hydrogens is 233 g/mol. The van der Waals surface area contributed by atoms with Crippen LogP contribution in [-0.4, -0.2) is 18.6 Å². The van der Waals surface area contributed by atoms with Crippen molar-refractivity contribution in [1.29, 1.82) is 5.26 Å². The van der Waals surface area contributed by atoms with E-state index in [-0.39, 0.29) is 5.15 Å². The number of rotatable bonds is 0. The van der Waals surface area contributed by atoms with Crippen molar-refractivity contribution in [3.05, 3.63) is 27.0 Å². The number of halogens is 2. The molecule has 2 rings (SSSR count). The summed E-state index contributed by atoms with van der Waals surface area (Å²) >= 11 is 11.9. The van der Waals surface area contributed by atoms with Gasteiger partial charge in [0.15, 0.2) is 0 Å². The molecule has 5 heteroatoms. The van der Waals surface area contributed by atoms with Crippen molar-refractivity contribution in [3.63, 3.8) is 0 Å². The van der Waals surface area contributed by atoms with E-state index in [1.54, 1.807) is 0 Å². The minimum atomic E-state index is 0.223. The first-order valence-corrected chi connectivity index (χ1v) is 5.47. The fourth-order valence-corrected chi connectivity index (χ4v) is 2.46. The third-order valence-electron chi connectivity index (χ3n) is 2.71. The predicted molar refractivity (Wildman–Crippen MR) is 58.1 cm³/mol. The maximum atomic E-state index is 9.01. The summed E-state index contributed by atoms with van der Waals surface area (Å²) in [6, 6.07) is 2.10. The number of nitrogens with one attached hydrogen (secondary N) is 1. The van der Waals surface area contributed by atoms with Gasteiger partial charge >= 0.3 is 0 Å². The third kappa shape index (κ3) is 1.81. The molecule has 0 aliphatic carbocycles. The van der Waals surface area contributed by atoms with E-state index in [1.165, 1.54) is 4.90 Å². The number of hydrogen-bond donors (Lipinski definition) is 1. The van der Waals surface area contributed by atoms with Gasteiger partial charge in [-0.1, -0.05) is 23.2 Å². The average Bonchev–Trinajstić information content (AvgIpc) is 2.19. The Morgan fingerprint density at radius 3 is 2.73 bits per heavy atom. The van der Waals surface area contributed by atoms with E-state index in [0.717, 1.165) is 30.6 Å². The highest BCUT2D eigenvalue weighted by Crippen LogP contribution is 2.27. The van der Waals surface area contributed by atoms with Crippen LogP contribution in [0.15, 0.2) is 0 Å². The van der Waals surface area contributed by atoms with E-state index in [1.807, 2.05) is 0 Å². The summed E-state index contributed by atoms with van der Waals surface area (Å²) in [5.74, 6) is 0. The Morgan fingerprint density at radius 2 is 2.07 bits per heavy atom. The van der Waals surface area contributed by atoms with Gasteiger partial charge < -0.3 is 4.90 Å². The highest BCUT2D eigenvalue weighted by molar-refractivity contribution is 6.33. The van der Waals surface area contributed by atoms with E-state index in [4.69, 9.17) is 28.5 Å². The van der Waals surface area contributed by atoms with Crippen LogP contribution in [0.3, 0.4) is 0 Å². The molecule has 1 N–H and O–H groups in total. The molecule has 0 fully saturated rings. The number of hydrogen-bond acceptors (Lipinski definition) is 2. The molecule has 1 aromatic rings. The quantitative estimate of drug-likeness (QED) is 0.686. The van der Waals surface area contributed by atoms with Gasteiger partial charge in [0.25, 0.3) is 0 Å². The molecule has 1 aromatic heterocycles. The minimum absolute atomic E-state index is 0.223. The molecule has 0 saturated carbocycles. The molecule has 0 saturated heterocycles. The zero-order chi connectivity index (χ0) is 11.0. The van der Waals surface area contributed by atoms with Crippen LogP contribution in [0, 0.1) is 11.3 Å². The van der Waals surface area contributed by atoms with Crippen molar-refractivity contribution in [2.45, 2.75) is 13.0 Å². The number of nitriles is 1.